The first-order chi connectivity index (χ1) is 17.5. The van der Waals surface area contributed by atoms with Crippen molar-refractivity contribution in [1.82, 2.24) is 4.98 Å². The number of nitrogens with zero attached hydrogens (tertiary/aromatic N) is 1. The summed E-state index contributed by atoms with van der Waals surface area (Å²) in [5, 5.41) is 0. The summed E-state index contributed by atoms with van der Waals surface area (Å²) in [5.41, 5.74) is 5.10. The van der Waals surface area contributed by atoms with E-state index >= 15 is 0 Å². The van der Waals surface area contributed by atoms with Crippen molar-refractivity contribution in [3.8, 4) is 11.1 Å². The van der Waals surface area contributed by atoms with Gasteiger partial charge in [-0.05, 0) is 52.9 Å². The van der Waals surface area contributed by atoms with E-state index in [1.165, 1.54) is 0 Å². The van der Waals surface area contributed by atoms with Crippen molar-refractivity contribution >= 4 is 28.2 Å². The molecule has 1 atom stereocenters. The Hall–Kier alpha value is -3.94. The summed E-state index contributed by atoms with van der Waals surface area (Å²) in [4.78, 5) is 29.0. The van der Waals surface area contributed by atoms with Crippen LogP contribution in [-0.4, -0.2) is 26.2 Å². The molecule has 0 amide bonds. The number of aryl methyl sites for hydroxylation is 1. The molecule has 7 heteroatoms. The second-order valence-corrected chi connectivity index (χ2v) is 9.68. The van der Waals surface area contributed by atoms with Crippen LogP contribution in [0.15, 0.2) is 102 Å². The maximum Gasteiger partial charge on any atom is 0.162 e. The Morgan fingerprint density at radius 3 is 2.27 bits per heavy atom. The van der Waals surface area contributed by atoms with E-state index in [0.717, 1.165) is 22.3 Å². The number of carbonyl (C=O) groups is 2. The van der Waals surface area contributed by atoms with Crippen LogP contribution in [0.3, 0.4) is 0 Å². The van der Waals surface area contributed by atoms with Crippen molar-refractivity contribution in [3.05, 3.63) is 114 Å². The maximum atomic E-state index is 13.2. The van der Waals surface area contributed by atoms with Gasteiger partial charge in [0.25, 0.3) is 0 Å². The number of hydrogen-bond acceptors (Lipinski definition) is 4. The molecule has 0 saturated carbocycles. The predicted octanol–water partition coefficient (Wildman–Crippen LogP) is 5.40. The number of rotatable bonds is 11. The van der Waals surface area contributed by atoms with Crippen LogP contribution in [0.1, 0.15) is 41.3 Å². The molecule has 1 heterocycles. The molecule has 0 aliphatic heterocycles. The number of nitrogens with one attached hydrogen (secondary N) is 1. The number of anilines is 1. The molecule has 190 valence electrons. The summed E-state index contributed by atoms with van der Waals surface area (Å²) in [6.07, 6.45) is 5.49. The maximum absolute atomic E-state index is 13.2. The van der Waals surface area contributed by atoms with Gasteiger partial charge < -0.3 is 10.2 Å². The molecular formula is C30H30N2O4S. The first kappa shape index (κ1) is 27.6. The predicted molar refractivity (Wildman–Crippen MR) is 148 cm³/mol. The van der Waals surface area contributed by atoms with E-state index in [0.29, 0.717) is 41.8 Å². The smallest absolute Gasteiger partial charge is 0.162 e. The van der Waals surface area contributed by atoms with Crippen LogP contribution >= 0.6 is 0 Å². The summed E-state index contributed by atoms with van der Waals surface area (Å²) < 4.78 is 16.3. The van der Waals surface area contributed by atoms with E-state index in [1.54, 1.807) is 12.4 Å². The number of Topliss-reactive ketones (excluding diaryl/α,β-unsaturated/α-hetero) is 2. The van der Waals surface area contributed by atoms with Gasteiger partial charge in [0.15, 0.2) is 16.8 Å². The third kappa shape index (κ3) is 7.52. The monoisotopic (exact) mass is 514 g/mol. The minimum atomic E-state index is -1.49. The Kier molecular flexibility index (Phi) is 10.0. The normalized spacial score (nSPS) is 11.3. The van der Waals surface area contributed by atoms with Crippen molar-refractivity contribution in [2.24, 2.45) is 0 Å². The van der Waals surface area contributed by atoms with Crippen molar-refractivity contribution in [2.75, 3.05) is 4.72 Å². The van der Waals surface area contributed by atoms with Crippen LogP contribution in [0.4, 0.5) is 5.69 Å². The highest BCUT2D eigenvalue weighted by molar-refractivity contribution is 7.86. The van der Waals surface area contributed by atoms with Gasteiger partial charge >= 0.3 is 0 Å². The van der Waals surface area contributed by atoms with Gasteiger partial charge in [-0.15, -0.1) is 0 Å². The van der Waals surface area contributed by atoms with E-state index in [9.17, 15) is 13.8 Å². The molecule has 37 heavy (non-hydrogen) atoms. The molecule has 3 N–H and O–H groups in total. The zero-order valence-electron chi connectivity index (χ0n) is 20.6. The van der Waals surface area contributed by atoms with Gasteiger partial charge in [0.1, 0.15) is 5.78 Å². The summed E-state index contributed by atoms with van der Waals surface area (Å²) in [6, 6.07) is 26.2. The number of hydrogen-bond donors (Lipinski definition) is 1. The molecule has 0 aliphatic carbocycles. The first-order valence-electron chi connectivity index (χ1n) is 11.9. The molecule has 0 aliphatic rings. The van der Waals surface area contributed by atoms with Gasteiger partial charge in [-0.2, -0.15) is 0 Å². The lowest BCUT2D eigenvalue weighted by atomic mass is 10.0. The van der Waals surface area contributed by atoms with Crippen molar-refractivity contribution in [3.63, 3.8) is 0 Å². The van der Waals surface area contributed by atoms with E-state index < -0.39 is 11.0 Å². The van der Waals surface area contributed by atoms with Crippen LogP contribution in [0.25, 0.3) is 11.1 Å². The molecule has 0 fully saturated rings. The Morgan fingerprint density at radius 1 is 0.865 bits per heavy atom. The Labute approximate surface area is 219 Å². The molecular weight excluding hydrogens is 484 g/mol. The molecule has 0 saturated heterocycles. The molecule has 3 aromatic carbocycles. The van der Waals surface area contributed by atoms with E-state index in [4.69, 9.17) is 0 Å². The zero-order chi connectivity index (χ0) is 25.3. The van der Waals surface area contributed by atoms with Crippen LogP contribution in [0.5, 0.6) is 0 Å². The van der Waals surface area contributed by atoms with Crippen molar-refractivity contribution < 1.29 is 19.3 Å². The molecule has 1 unspecified atom stereocenters. The Balaban J connectivity index is 0.00000380. The van der Waals surface area contributed by atoms with Gasteiger partial charge in [0.05, 0.1) is 4.90 Å². The fourth-order valence-corrected chi connectivity index (χ4v) is 4.95. The van der Waals surface area contributed by atoms with Crippen LogP contribution in [0.2, 0.25) is 0 Å². The van der Waals surface area contributed by atoms with E-state index in [1.807, 2.05) is 91.9 Å². The summed E-state index contributed by atoms with van der Waals surface area (Å²) in [5.74, 6) is 0.266. The lowest BCUT2D eigenvalue weighted by Crippen LogP contribution is -2.07. The highest BCUT2D eigenvalue weighted by atomic mass is 32.2. The second-order valence-electron chi connectivity index (χ2n) is 8.49. The third-order valence-electron chi connectivity index (χ3n) is 5.91. The van der Waals surface area contributed by atoms with Crippen molar-refractivity contribution in [1.29, 1.82) is 0 Å². The highest BCUT2D eigenvalue weighted by Crippen LogP contribution is 2.27. The van der Waals surface area contributed by atoms with Gasteiger partial charge in [-0.3, -0.25) is 14.6 Å². The number of benzene rings is 3. The quantitative estimate of drug-likeness (QED) is 0.271. The lowest BCUT2D eigenvalue weighted by molar-refractivity contribution is -0.118. The largest absolute Gasteiger partial charge is 0.412 e. The number of ketones is 2. The van der Waals surface area contributed by atoms with Gasteiger partial charge in [-0.1, -0.05) is 67.6 Å². The molecule has 0 radical (unpaired) electrons. The molecule has 4 aromatic rings. The topological polar surface area (TPSA) is 108 Å². The number of aromatic nitrogens is 1. The minimum Gasteiger partial charge on any atom is -0.412 e. The van der Waals surface area contributed by atoms with E-state index in [-0.39, 0.29) is 17.0 Å². The molecule has 1 aromatic heterocycles. The second kappa shape index (κ2) is 13.4. The average molecular weight is 515 g/mol. The van der Waals surface area contributed by atoms with E-state index in [2.05, 4.69) is 9.71 Å². The van der Waals surface area contributed by atoms with Crippen LogP contribution < -0.4 is 4.72 Å². The number of carbonyl (C=O) groups excluding carboxylic acids is 2. The molecule has 6 nitrogen and oxygen atoms in total. The number of pyridine rings is 1. The SMILES string of the molecule is CCC(=O)c1ccc(-c2ccccc2S(=O)Nc2ccc(CC(=O)CCc3cccnc3)cc2)cc1.O. The summed E-state index contributed by atoms with van der Waals surface area (Å²) in [7, 11) is -1.49. The summed E-state index contributed by atoms with van der Waals surface area (Å²) in [6.45, 7) is 1.84. The van der Waals surface area contributed by atoms with Crippen LogP contribution in [0, 0.1) is 0 Å². The summed E-state index contributed by atoms with van der Waals surface area (Å²) >= 11 is 0. The van der Waals surface area contributed by atoms with Crippen molar-refractivity contribution in [2.45, 2.75) is 37.5 Å². The highest BCUT2D eigenvalue weighted by Gasteiger charge is 2.13. The fourth-order valence-electron chi connectivity index (χ4n) is 3.91. The van der Waals surface area contributed by atoms with Gasteiger partial charge in [0.2, 0.25) is 0 Å². The van der Waals surface area contributed by atoms with Gasteiger partial charge in [0, 0.05) is 42.9 Å². The first-order valence-corrected chi connectivity index (χ1v) is 13.1. The minimum absolute atomic E-state index is 0. The van der Waals surface area contributed by atoms with Gasteiger partial charge in [-0.25, -0.2) is 4.21 Å². The Bertz CT molecular complexity index is 1350. The lowest BCUT2D eigenvalue weighted by Gasteiger charge is -2.12. The Morgan fingerprint density at radius 2 is 1.59 bits per heavy atom. The molecule has 0 spiro atoms. The van der Waals surface area contributed by atoms with Crippen LogP contribution in [-0.2, 0) is 28.6 Å². The zero-order valence-corrected chi connectivity index (χ0v) is 21.5. The third-order valence-corrected chi connectivity index (χ3v) is 7.08. The fraction of sp³-hybridized carbons (Fsp3) is 0.167. The average Bonchev–Trinajstić information content (AvgIpc) is 2.93. The molecule has 4 rings (SSSR count). The standard InChI is InChI=1S/C30H28N2O3S.H2O/c1-2-29(34)25-14-12-24(13-15-25)28-7-3-4-8-30(28)36(35)32-26-16-9-22(10-17-26)20-27(33)18-11-23-6-5-19-31-21-23;/h3-10,12-17,19,21,32H,2,11,18,20H2,1H3;1H2. The molecule has 0 bridgehead atoms.